The minimum atomic E-state index is -0.422. The molecule has 2 heterocycles. The number of imidazole rings is 1. The summed E-state index contributed by atoms with van der Waals surface area (Å²) in [5.41, 5.74) is 8.62. The van der Waals surface area contributed by atoms with Crippen molar-refractivity contribution in [3.8, 4) is 12.3 Å². The summed E-state index contributed by atoms with van der Waals surface area (Å²) in [6.07, 6.45) is 10.3. The minimum absolute atomic E-state index is 0.398. The maximum atomic E-state index is 9.47. The number of nitrogens with zero attached hydrogens (tertiary/aromatic N) is 2. The van der Waals surface area contributed by atoms with E-state index in [2.05, 4.69) is 20.9 Å². The van der Waals surface area contributed by atoms with Gasteiger partial charge in [-0.15, -0.1) is 12.3 Å². The fraction of sp³-hybridized carbons (Fsp3) is 0.500. The van der Waals surface area contributed by atoms with Crippen LogP contribution in [0.5, 0.6) is 0 Å². The van der Waals surface area contributed by atoms with Gasteiger partial charge in [-0.05, 0) is 25.5 Å². The molecule has 4 N–H and O–H groups in total. The van der Waals surface area contributed by atoms with E-state index in [-0.39, 0.29) is 0 Å². The van der Waals surface area contributed by atoms with Crippen LogP contribution in [0.15, 0.2) is 28.5 Å². The largest absolute Gasteiger partial charge is 0.493 e. The minimum Gasteiger partial charge on any atom is -0.493 e. The van der Waals surface area contributed by atoms with Crippen molar-refractivity contribution < 1.29 is 14.6 Å². The number of aliphatic hydroxyl groups excluding tert-OH is 1. The summed E-state index contributed by atoms with van der Waals surface area (Å²) in [5.74, 6) is 4.40. The van der Waals surface area contributed by atoms with Crippen LogP contribution < -0.4 is 5.73 Å². The van der Waals surface area contributed by atoms with Crippen molar-refractivity contribution in [1.29, 1.82) is 0 Å². The second-order valence-electron chi connectivity index (χ2n) is 6.29. The zero-order valence-electron chi connectivity index (χ0n) is 16.0. The Hall–Kier alpha value is -2.56. The molecule has 0 amide bonds. The van der Waals surface area contributed by atoms with Crippen molar-refractivity contribution in [2.24, 2.45) is 10.7 Å². The van der Waals surface area contributed by atoms with Gasteiger partial charge in [-0.1, -0.05) is 6.08 Å². The van der Waals surface area contributed by atoms with Crippen LogP contribution in [0.1, 0.15) is 43.9 Å². The highest BCUT2D eigenvalue weighted by atomic mass is 16.5. The van der Waals surface area contributed by atoms with Gasteiger partial charge in [0.15, 0.2) is 0 Å². The van der Waals surface area contributed by atoms with Crippen LogP contribution in [0, 0.1) is 12.3 Å². The maximum Gasteiger partial charge on any atom is 0.146 e. The van der Waals surface area contributed by atoms with Crippen molar-refractivity contribution in [2.75, 3.05) is 19.8 Å². The number of nitrogens with two attached hydrogens (primary N) is 1. The number of nitrogens with one attached hydrogen (secondary N) is 1. The Morgan fingerprint density at radius 3 is 3.04 bits per heavy atom. The van der Waals surface area contributed by atoms with Crippen molar-refractivity contribution in [3.63, 3.8) is 0 Å². The molecular formula is C20H28N4O3. The Labute approximate surface area is 160 Å². The lowest BCUT2D eigenvalue weighted by atomic mass is 10.1. The molecule has 1 unspecified atom stereocenters. The van der Waals surface area contributed by atoms with Crippen LogP contribution in [0.4, 0.5) is 0 Å². The Kier molecular flexibility index (Phi) is 8.11. The molecule has 0 fully saturated rings. The Balaban J connectivity index is 2.28. The predicted octanol–water partition coefficient (Wildman–Crippen LogP) is 1.83. The maximum absolute atomic E-state index is 9.47. The van der Waals surface area contributed by atoms with Crippen LogP contribution in [0.25, 0.3) is 0 Å². The Morgan fingerprint density at radius 2 is 2.33 bits per heavy atom. The molecule has 27 heavy (non-hydrogen) atoms. The third kappa shape index (κ3) is 6.27. The van der Waals surface area contributed by atoms with Gasteiger partial charge >= 0.3 is 0 Å². The first-order valence-electron chi connectivity index (χ1n) is 9.13. The lowest BCUT2D eigenvalue weighted by molar-refractivity contribution is 0.129. The number of aromatic nitrogens is 2. The molecule has 7 heteroatoms. The quantitative estimate of drug-likeness (QED) is 0.453. The van der Waals surface area contributed by atoms with Crippen LogP contribution in [-0.4, -0.2) is 46.8 Å². The third-order valence-corrected chi connectivity index (χ3v) is 3.99. The first kappa shape index (κ1) is 20.7. The molecule has 7 nitrogen and oxygen atoms in total. The summed E-state index contributed by atoms with van der Waals surface area (Å²) in [6, 6.07) is 0. The molecule has 1 aromatic rings. The van der Waals surface area contributed by atoms with Gasteiger partial charge in [0.05, 0.1) is 24.9 Å². The lowest BCUT2D eigenvalue weighted by Gasteiger charge is -2.13. The fourth-order valence-electron chi connectivity index (χ4n) is 2.60. The van der Waals surface area contributed by atoms with E-state index in [1.807, 2.05) is 19.1 Å². The summed E-state index contributed by atoms with van der Waals surface area (Å²) in [7, 11) is 0. The molecule has 1 aliphatic heterocycles. The number of H-pyrrole nitrogens is 1. The highest BCUT2D eigenvalue weighted by Gasteiger charge is 2.20. The number of aliphatic hydroxyl groups is 1. The topological polar surface area (TPSA) is 106 Å². The molecule has 0 aromatic carbocycles. The molecule has 0 bridgehead atoms. The molecule has 1 aromatic heterocycles. The number of rotatable bonds is 9. The summed E-state index contributed by atoms with van der Waals surface area (Å²) in [5, 5.41) is 9.47. The number of aromatic amines is 1. The summed E-state index contributed by atoms with van der Waals surface area (Å²) in [6.45, 7) is 5.50. The molecule has 0 saturated carbocycles. The summed E-state index contributed by atoms with van der Waals surface area (Å²) < 4.78 is 11.3. The number of allylic oxidation sites excluding steroid dienone is 2. The lowest BCUT2D eigenvalue weighted by Crippen LogP contribution is -2.15. The van der Waals surface area contributed by atoms with Gasteiger partial charge in [0.2, 0.25) is 0 Å². The van der Waals surface area contributed by atoms with E-state index in [9.17, 15) is 5.11 Å². The van der Waals surface area contributed by atoms with Crippen molar-refractivity contribution in [1.82, 2.24) is 9.97 Å². The number of hydrogen-bond donors (Lipinski definition) is 3. The first-order chi connectivity index (χ1) is 13.0. The standard InChI is InChI=1S/C20H28N4O3/c1-4-6-7-8-17(27-10-9-14(3)25)15-11-16-19(20(21)22-12-15)24-18(23-16)13-26-5-2/h1,7-8,14,25H,5-6,9-13H2,2-3H3,(H2,21,22)(H,23,24)/b8-7-,17-15+. The van der Waals surface area contributed by atoms with E-state index in [0.29, 0.717) is 62.9 Å². The van der Waals surface area contributed by atoms with Crippen LogP contribution in [-0.2, 0) is 22.5 Å². The van der Waals surface area contributed by atoms with E-state index in [4.69, 9.17) is 21.6 Å². The highest BCUT2D eigenvalue weighted by molar-refractivity contribution is 5.97. The zero-order chi connectivity index (χ0) is 19.6. The van der Waals surface area contributed by atoms with Gasteiger partial charge in [0, 0.05) is 25.9 Å². The van der Waals surface area contributed by atoms with Crippen molar-refractivity contribution in [3.05, 3.63) is 40.7 Å². The van der Waals surface area contributed by atoms with Gasteiger partial charge in [-0.25, -0.2) is 4.98 Å². The predicted molar refractivity (Wildman–Crippen MR) is 105 cm³/mol. The smallest absolute Gasteiger partial charge is 0.146 e. The Morgan fingerprint density at radius 1 is 1.52 bits per heavy atom. The average molecular weight is 372 g/mol. The number of amidine groups is 1. The number of hydrogen-bond acceptors (Lipinski definition) is 6. The van der Waals surface area contributed by atoms with E-state index >= 15 is 0 Å². The van der Waals surface area contributed by atoms with Crippen LogP contribution in [0.3, 0.4) is 0 Å². The van der Waals surface area contributed by atoms with Crippen molar-refractivity contribution >= 4 is 5.84 Å². The van der Waals surface area contributed by atoms with Crippen molar-refractivity contribution in [2.45, 2.75) is 45.8 Å². The zero-order valence-corrected chi connectivity index (χ0v) is 16.0. The van der Waals surface area contributed by atoms with Gasteiger partial charge in [0.1, 0.15) is 29.7 Å². The monoisotopic (exact) mass is 372 g/mol. The summed E-state index contributed by atoms with van der Waals surface area (Å²) in [4.78, 5) is 12.2. The third-order valence-electron chi connectivity index (χ3n) is 3.99. The molecule has 0 saturated heterocycles. The molecular weight excluding hydrogens is 344 g/mol. The van der Waals surface area contributed by atoms with E-state index in [1.54, 1.807) is 6.92 Å². The molecule has 1 atom stereocenters. The molecule has 2 rings (SSSR count). The van der Waals surface area contributed by atoms with E-state index in [0.717, 1.165) is 17.1 Å². The van der Waals surface area contributed by atoms with Gasteiger partial charge in [-0.3, -0.25) is 4.99 Å². The van der Waals surface area contributed by atoms with Crippen LogP contribution >= 0.6 is 0 Å². The Bertz CT molecular complexity index is 754. The number of aliphatic imine (C=N–C) groups is 1. The number of terminal acetylenes is 1. The highest BCUT2D eigenvalue weighted by Crippen LogP contribution is 2.21. The van der Waals surface area contributed by atoms with Gasteiger partial charge in [-0.2, -0.15) is 0 Å². The SMILES string of the molecule is C#CC/C=C\C(OCCC(C)O)=C1/CN=C(N)c2nc(COCC)[nH]c2C1. The molecule has 146 valence electrons. The number of ether oxygens (including phenoxy) is 2. The summed E-state index contributed by atoms with van der Waals surface area (Å²) >= 11 is 0. The molecule has 1 aliphatic rings. The molecule has 0 radical (unpaired) electrons. The van der Waals surface area contributed by atoms with E-state index in [1.165, 1.54) is 0 Å². The van der Waals surface area contributed by atoms with Gasteiger partial charge in [0.25, 0.3) is 0 Å². The van der Waals surface area contributed by atoms with E-state index < -0.39 is 6.10 Å². The normalized spacial score (nSPS) is 17.0. The first-order valence-corrected chi connectivity index (χ1v) is 9.13. The molecule has 0 spiro atoms. The molecule has 0 aliphatic carbocycles. The average Bonchev–Trinajstić information content (AvgIpc) is 2.98. The second kappa shape index (κ2) is 10.6. The number of fused-ring (bicyclic) bond motifs is 1. The fourth-order valence-corrected chi connectivity index (χ4v) is 2.60. The second-order valence-corrected chi connectivity index (χ2v) is 6.29. The van der Waals surface area contributed by atoms with Crippen LogP contribution in [0.2, 0.25) is 0 Å². The van der Waals surface area contributed by atoms with Gasteiger partial charge < -0.3 is 25.3 Å².